The second kappa shape index (κ2) is 14.0. The number of rotatable bonds is 13. The van der Waals surface area contributed by atoms with Gasteiger partial charge < -0.3 is 40.1 Å². The highest BCUT2D eigenvalue weighted by Crippen LogP contribution is 2.32. The molecule has 0 aliphatic heterocycles. The third-order valence-corrected chi connectivity index (χ3v) is 6.15. The van der Waals surface area contributed by atoms with Crippen molar-refractivity contribution in [1.82, 2.24) is 0 Å². The van der Waals surface area contributed by atoms with E-state index in [1.165, 1.54) is 39.8 Å². The Hall–Kier alpha value is -3.84. The second-order valence-electron chi connectivity index (χ2n) is 9.27. The van der Waals surface area contributed by atoms with Crippen molar-refractivity contribution in [2.45, 2.75) is 65.0 Å². The van der Waals surface area contributed by atoms with Crippen LogP contribution in [0.25, 0.3) is 0 Å². The molecule has 2 rings (SSSR count). The first-order valence-electron chi connectivity index (χ1n) is 12.6. The van der Waals surface area contributed by atoms with Crippen LogP contribution in [0, 0.1) is 0 Å². The fourth-order valence-electron chi connectivity index (χ4n) is 4.49. The Morgan fingerprint density at radius 1 is 0.550 bits per heavy atom. The highest BCUT2D eigenvalue weighted by molar-refractivity contribution is 5.97. The number of hydrogen-bond donors (Lipinski definition) is 6. The maximum Gasteiger partial charge on any atom is 0.338 e. The van der Waals surface area contributed by atoms with E-state index in [9.17, 15) is 49.8 Å². The van der Waals surface area contributed by atoms with Gasteiger partial charge in [-0.25, -0.2) is 19.2 Å². The van der Waals surface area contributed by atoms with Gasteiger partial charge in [-0.1, -0.05) is 0 Å². The summed E-state index contributed by atoms with van der Waals surface area (Å²) in [4.78, 5) is 48.4. The molecule has 0 aliphatic rings. The summed E-state index contributed by atoms with van der Waals surface area (Å²) in [5.74, 6) is -4.32. The van der Waals surface area contributed by atoms with Crippen molar-refractivity contribution in [3.05, 3.63) is 68.8 Å². The minimum Gasteiger partial charge on any atom is -0.478 e. The zero-order chi connectivity index (χ0) is 30.3. The predicted molar refractivity (Wildman–Crippen MR) is 139 cm³/mol. The number of hydrogen-bond acceptors (Lipinski definition) is 10. The Balaban J connectivity index is 2.05. The fraction of sp³-hybridized carbons (Fsp3) is 0.429. The smallest absolute Gasteiger partial charge is 0.338 e. The standard InChI is InChI=1S/C28H34O12/c1-13(29)21-17(25(33)34)7-9-19(23(21)15(3)31)27(37)39-11-5-6-12-40-28(38)20-10-8-18(26(35)36)22(14(2)30)24(20)16(4)32/h7-10,13-16,29-32H,5-6,11-12H2,1-4H3,(H,33,34)(H,35,36). The van der Waals surface area contributed by atoms with E-state index in [0.29, 0.717) is 0 Å². The van der Waals surface area contributed by atoms with Gasteiger partial charge in [0.2, 0.25) is 0 Å². The molecule has 4 unspecified atom stereocenters. The molecule has 0 saturated heterocycles. The number of esters is 2. The number of carboxylic acids is 2. The predicted octanol–water partition coefficient (Wildman–Crippen LogP) is 3.09. The van der Waals surface area contributed by atoms with Crippen LogP contribution in [0.2, 0.25) is 0 Å². The highest BCUT2D eigenvalue weighted by atomic mass is 16.5. The molecule has 12 nitrogen and oxygen atoms in total. The normalized spacial score (nSPS) is 14.1. The number of benzene rings is 2. The van der Waals surface area contributed by atoms with Crippen molar-refractivity contribution in [3.63, 3.8) is 0 Å². The number of carboxylic acid groups (broad SMARTS) is 2. The molecule has 0 saturated carbocycles. The molecule has 0 aromatic heterocycles. The third kappa shape index (κ3) is 7.42. The molecule has 0 bridgehead atoms. The second-order valence-corrected chi connectivity index (χ2v) is 9.27. The third-order valence-electron chi connectivity index (χ3n) is 6.15. The zero-order valence-electron chi connectivity index (χ0n) is 22.6. The largest absolute Gasteiger partial charge is 0.478 e. The van der Waals surface area contributed by atoms with Crippen LogP contribution in [-0.4, -0.2) is 67.7 Å². The summed E-state index contributed by atoms with van der Waals surface area (Å²) in [6.45, 7) is 5.11. The Morgan fingerprint density at radius 2 is 0.800 bits per heavy atom. The van der Waals surface area contributed by atoms with Crippen molar-refractivity contribution < 1.29 is 59.3 Å². The highest BCUT2D eigenvalue weighted by Gasteiger charge is 2.28. The van der Waals surface area contributed by atoms with E-state index in [1.54, 1.807) is 0 Å². The quantitative estimate of drug-likeness (QED) is 0.154. The van der Waals surface area contributed by atoms with E-state index >= 15 is 0 Å². The number of aliphatic hydroxyl groups is 4. The molecule has 4 atom stereocenters. The average molecular weight is 563 g/mol. The Labute approximate surface area is 230 Å². The molecule has 218 valence electrons. The lowest BCUT2D eigenvalue weighted by Crippen LogP contribution is -2.18. The van der Waals surface area contributed by atoms with Crippen LogP contribution in [0.3, 0.4) is 0 Å². The minimum atomic E-state index is -1.33. The van der Waals surface area contributed by atoms with Gasteiger partial charge in [-0.3, -0.25) is 0 Å². The van der Waals surface area contributed by atoms with Gasteiger partial charge in [-0.05, 0) is 64.8 Å². The number of ether oxygens (including phenoxy) is 2. The topological polar surface area (TPSA) is 208 Å². The number of aromatic carboxylic acids is 2. The van der Waals surface area contributed by atoms with E-state index in [0.717, 1.165) is 12.1 Å². The lowest BCUT2D eigenvalue weighted by atomic mass is 9.90. The average Bonchev–Trinajstić information content (AvgIpc) is 2.87. The summed E-state index contributed by atoms with van der Waals surface area (Å²) < 4.78 is 10.5. The Bertz CT molecular complexity index is 1160. The first kappa shape index (κ1) is 32.4. The maximum absolute atomic E-state index is 12.7. The maximum atomic E-state index is 12.7. The van der Waals surface area contributed by atoms with Gasteiger partial charge in [0, 0.05) is 22.3 Å². The summed E-state index contributed by atoms with van der Waals surface area (Å²) in [5, 5.41) is 59.4. The molecular weight excluding hydrogens is 528 g/mol. The molecular formula is C28H34O12. The molecule has 0 spiro atoms. The lowest BCUT2D eigenvalue weighted by molar-refractivity contribution is 0.0425. The molecule has 0 heterocycles. The van der Waals surface area contributed by atoms with E-state index < -0.39 is 48.3 Å². The van der Waals surface area contributed by atoms with Crippen LogP contribution in [-0.2, 0) is 9.47 Å². The molecule has 12 heteroatoms. The summed E-state index contributed by atoms with van der Waals surface area (Å²) in [6.07, 6.45) is -4.55. The molecule has 0 amide bonds. The molecule has 6 N–H and O–H groups in total. The summed E-state index contributed by atoms with van der Waals surface area (Å²) in [6, 6.07) is 4.72. The Morgan fingerprint density at radius 3 is 1.05 bits per heavy atom. The van der Waals surface area contributed by atoms with Gasteiger partial charge in [0.05, 0.1) is 59.9 Å². The Kier molecular flexibility index (Phi) is 11.3. The van der Waals surface area contributed by atoms with Gasteiger partial charge in [0.25, 0.3) is 0 Å². The van der Waals surface area contributed by atoms with Crippen molar-refractivity contribution >= 4 is 23.9 Å². The van der Waals surface area contributed by atoms with Crippen LogP contribution in [0.1, 0.15) is 129 Å². The van der Waals surface area contributed by atoms with E-state index in [1.807, 2.05) is 0 Å². The monoisotopic (exact) mass is 562 g/mol. The first-order valence-corrected chi connectivity index (χ1v) is 12.6. The van der Waals surface area contributed by atoms with E-state index in [2.05, 4.69) is 0 Å². The van der Waals surface area contributed by atoms with Gasteiger partial charge in [0.1, 0.15) is 0 Å². The molecule has 40 heavy (non-hydrogen) atoms. The zero-order valence-corrected chi connectivity index (χ0v) is 22.6. The summed E-state index contributed by atoms with van der Waals surface area (Å²) >= 11 is 0. The molecule has 0 radical (unpaired) electrons. The van der Waals surface area contributed by atoms with Crippen LogP contribution in [0.5, 0.6) is 0 Å². The number of carbonyl (C=O) groups excluding carboxylic acids is 2. The molecule has 0 aliphatic carbocycles. The minimum absolute atomic E-state index is 0.0479. The molecule has 0 fully saturated rings. The van der Waals surface area contributed by atoms with E-state index in [4.69, 9.17) is 9.47 Å². The molecule has 2 aromatic carbocycles. The van der Waals surface area contributed by atoms with Gasteiger partial charge in [-0.15, -0.1) is 0 Å². The van der Waals surface area contributed by atoms with Crippen LogP contribution in [0.15, 0.2) is 24.3 Å². The van der Waals surface area contributed by atoms with Crippen LogP contribution >= 0.6 is 0 Å². The van der Waals surface area contributed by atoms with Crippen LogP contribution in [0.4, 0.5) is 0 Å². The first-order chi connectivity index (χ1) is 18.7. The van der Waals surface area contributed by atoms with Crippen molar-refractivity contribution in [2.75, 3.05) is 13.2 Å². The van der Waals surface area contributed by atoms with Crippen molar-refractivity contribution in [1.29, 1.82) is 0 Å². The number of aliphatic hydroxyl groups excluding tert-OH is 4. The van der Waals surface area contributed by atoms with Gasteiger partial charge >= 0.3 is 23.9 Å². The SMILES string of the molecule is CC(O)c1c(C(=O)O)ccc(C(=O)OCCCCOC(=O)c2ccc(C(=O)O)c(C(C)O)c2C(C)O)c1C(C)O. The van der Waals surface area contributed by atoms with E-state index in [-0.39, 0.29) is 70.6 Å². The van der Waals surface area contributed by atoms with Crippen molar-refractivity contribution in [3.8, 4) is 0 Å². The van der Waals surface area contributed by atoms with Gasteiger partial charge in [0.15, 0.2) is 0 Å². The number of unbranched alkanes of at least 4 members (excludes halogenated alkanes) is 1. The number of carbonyl (C=O) groups is 4. The van der Waals surface area contributed by atoms with Crippen molar-refractivity contribution in [2.24, 2.45) is 0 Å². The van der Waals surface area contributed by atoms with Crippen LogP contribution < -0.4 is 0 Å². The molecule has 2 aromatic rings. The van der Waals surface area contributed by atoms with Gasteiger partial charge in [-0.2, -0.15) is 0 Å². The lowest BCUT2D eigenvalue weighted by Gasteiger charge is -2.20. The summed E-state index contributed by atoms with van der Waals surface area (Å²) in [5.41, 5.74) is -0.951. The summed E-state index contributed by atoms with van der Waals surface area (Å²) in [7, 11) is 0. The fourth-order valence-corrected chi connectivity index (χ4v) is 4.49.